The molecule has 150 valence electrons. The Bertz CT molecular complexity index is 877. The molecule has 0 fully saturated rings. The van der Waals surface area contributed by atoms with Gasteiger partial charge in [-0.25, -0.2) is 14.8 Å². The Hall–Kier alpha value is -2.43. The molecular formula is C17H11BrF6N2O2. The first-order chi connectivity index (χ1) is 12.9. The van der Waals surface area contributed by atoms with Crippen molar-refractivity contribution in [3.8, 4) is 11.4 Å². The van der Waals surface area contributed by atoms with Crippen molar-refractivity contribution in [1.82, 2.24) is 9.97 Å². The van der Waals surface area contributed by atoms with Gasteiger partial charge in [-0.05, 0) is 53.2 Å². The van der Waals surface area contributed by atoms with Crippen molar-refractivity contribution in [1.29, 1.82) is 0 Å². The van der Waals surface area contributed by atoms with Crippen LogP contribution in [0.5, 0.6) is 0 Å². The molecule has 0 saturated heterocycles. The summed E-state index contributed by atoms with van der Waals surface area (Å²) in [6.07, 6.45) is -7.62. The lowest BCUT2D eigenvalue weighted by Crippen LogP contribution is -2.11. The second-order valence-electron chi connectivity index (χ2n) is 5.31. The fraction of sp³-hybridized carbons (Fsp3) is 0.235. The van der Waals surface area contributed by atoms with Crippen LogP contribution in [-0.4, -0.2) is 22.5 Å². The van der Waals surface area contributed by atoms with Gasteiger partial charge in [-0.2, -0.15) is 26.3 Å². The van der Waals surface area contributed by atoms with Crippen molar-refractivity contribution in [3.63, 3.8) is 0 Å². The highest BCUT2D eigenvalue weighted by Gasteiger charge is 2.37. The molecule has 0 spiro atoms. The zero-order chi connectivity index (χ0) is 21.1. The minimum Gasteiger partial charge on any atom is -0.462 e. The fourth-order valence-electron chi connectivity index (χ4n) is 2.06. The lowest BCUT2D eigenvalue weighted by Gasteiger charge is -2.13. The van der Waals surface area contributed by atoms with Crippen LogP contribution >= 0.6 is 15.9 Å². The standard InChI is InChI=1S/C17H11BrF6N2O2/c1-2-28-15(27)13(18)8-12-3-4-25-14(26-12)9-5-10(16(19,20)21)7-11(6-9)17(22,23)24/h3-8H,2H2,1H3. The molecule has 1 heterocycles. The van der Waals surface area contributed by atoms with Crippen molar-refractivity contribution in [2.24, 2.45) is 0 Å². The van der Waals surface area contributed by atoms with Gasteiger partial charge in [0, 0.05) is 11.8 Å². The number of carbonyl (C=O) groups excluding carboxylic acids is 1. The molecule has 0 saturated carbocycles. The van der Waals surface area contributed by atoms with Crippen LogP contribution in [0.1, 0.15) is 23.7 Å². The second-order valence-corrected chi connectivity index (χ2v) is 6.17. The summed E-state index contributed by atoms with van der Waals surface area (Å²) in [5.74, 6) is -1.07. The number of halogens is 7. The lowest BCUT2D eigenvalue weighted by atomic mass is 10.0. The fourth-order valence-corrected chi connectivity index (χ4v) is 2.41. The van der Waals surface area contributed by atoms with E-state index < -0.39 is 35.0 Å². The van der Waals surface area contributed by atoms with Crippen LogP contribution in [0.4, 0.5) is 26.3 Å². The number of nitrogens with zero attached hydrogens (tertiary/aromatic N) is 2. The Labute approximate surface area is 163 Å². The zero-order valence-electron chi connectivity index (χ0n) is 14.0. The highest BCUT2D eigenvalue weighted by atomic mass is 79.9. The third-order valence-corrected chi connectivity index (χ3v) is 3.82. The average Bonchev–Trinajstić information content (AvgIpc) is 2.60. The molecule has 2 aromatic rings. The maximum atomic E-state index is 13.0. The van der Waals surface area contributed by atoms with Gasteiger partial charge in [0.1, 0.15) is 4.48 Å². The largest absolute Gasteiger partial charge is 0.462 e. The average molecular weight is 469 g/mol. The minimum atomic E-state index is -4.99. The summed E-state index contributed by atoms with van der Waals surface area (Å²) in [5, 5.41) is 0. The van der Waals surface area contributed by atoms with E-state index in [4.69, 9.17) is 4.74 Å². The van der Waals surface area contributed by atoms with Crippen LogP contribution in [0.3, 0.4) is 0 Å². The Morgan fingerprint density at radius 2 is 1.68 bits per heavy atom. The second kappa shape index (κ2) is 8.29. The molecule has 0 unspecified atom stereocenters. The van der Waals surface area contributed by atoms with Gasteiger partial charge in [0.05, 0.1) is 23.4 Å². The third-order valence-electron chi connectivity index (χ3n) is 3.27. The van der Waals surface area contributed by atoms with Gasteiger partial charge in [-0.15, -0.1) is 0 Å². The Balaban J connectivity index is 2.53. The zero-order valence-corrected chi connectivity index (χ0v) is 15.6. The highest BCUT2D eigenvalue weighted by Crippen LogP contribution is 2.38. The van der Waals surface area contributed by atoms with E-state index in [-0.39, 0.29) is 28.7 Å². The SMILES string of the molecule is CCOC(=O)C(Br)=Cc1ccnc(-c2cc(C(F)(F)F)cc(C(F)(F)F)c2)n1. The molecule has 0 aliphatic heterocycles. The lowest BCUT2D eigenvalue weighted by molar-refractivity contribution is -0.143. The molecule has 1 aromatic carbocycles. The molecule has 0 bridgehead atoms. The summed E-state index contributed by atoms with van der Waals surface area (Å²) in [6, 6.07) is 2.39. The van der Waals surface area contributed by atoms with E-state index in [1.165, 1.54) is 12.1 Å². The normalized spacial score (nSPS) is 12.8. The van der Waals surface area contributed by atoms with Crippen LogP contribution < -0.4 is 0 Å². The number of esters is 1. The van der Waals surface area contributed by atoms with E-state index in [0.29, 0.717) is 12.1 Å². The number of carbonyl (C=O) groups is 1. The van der Waals surface area contributed by atoms with Crippen LogP contribution in [0.25, 0.3) is 17.5 Å². The van der Waals surface area contributed by atoms with Gasteiger partial charge < -0.3 is 4.74 Å². The van der Waals surface area contributed by atoms with E-state index in [1.54, 1.807) is 6.92 Å². The van der Waals surface area contributed by atoms with Crippen molar-refractivity contribution in [3.05, 3.63) is 51.8 Å². The molecule has 0 radical (unpaired) electrons. The Kier molecular flexibility index (Phi) is 6.48. The number of hydrogen-bond acceptors (Lipinski definition) is 4. The summed E-state index contributed by atoms with van der Waals surface area (Å²) >= 11 is 2.97. The van der Waals surface area contributed by atoms with Crippen molar-refractivity contribution >= 4 is 28.0 Å². The molecule has 0 atom stereocenters. The van der Waals surface area contributed by atoms with Crippen LogP contribution in [0.2, 0.25) is 0 Å². The summed E-state index contributed by atoms with van der Waals surface area (Å²) < 4.78 is 82.7. The smallest absolute Gasteiger partial charge is 0.416 e. The van der Waals surface area contributed by atoms with Crippen LogP contribution in [-0.2, 0) is 21.9 Å². The first-order valence-electron chi connectivity index (χ1n) is 7.59. The van der Waals surface area contributed by atoms with Gasteiger partial charge in [0.2, 0.25) is 0 Å². The monoisotopic (exact) mass is 468 g/mol. The van der Waals surface area contributed by atoms with Crippen molar-refractivity contribution < 1.29 is 35.9 Å². The van der Waals surface area contributed by atoms with Crippen molar-refractivity contribution in [2.75, 3.05) is 6.61 Å². The number of hydrogen-bond donors (Lipinski definition) is 0. The number of benzene rings is 1. The van der Waals surface area contributed by atoms with E-state index in [9.17, 15) is 31.1 Å². The molecule has 0 aliphatic rings. The molecular weight excluding hydrogens is 458 g/mol. The Morgan fingerprint density at radius 3 is 2.18 bits per heavy atom. The molecule has 0 aliphatic carbocycles. The predicted molar refractivity (Wildman–Crippen MR) is 91.0 cm³/mol. The molecule has 28 heavy (non-hydrogen) atoms. The summed E-state index contributed by atoms with van der Waals surface area (Å²) in [4.78, 5) is 19.2. The van der Waals surface area contributed by atoms with Crippen LogP contribution in [0.15, 0.2) is 34.9 Å². The molecule has 2 rings (SSSR count). The van der Waals surface area contributed by atoms with Gasteiger partial charge in [-0.3, -0.25) is 0 Å². The van der Waals surface area contributed by atoms with Gasteiger partial charge in [-0.1, -0.05) is 0 Å². The summed E-state index contributed by atoms with van der Waals surface area (Å²) in [6.45, 7) is 1.70. The number of rotatable bonds is 4. The molecule has 4 nitrogen and oxygen atoms in total. The van der Waals surface area contributed by atoms with Gasteiger partial charge >= 0.3 is 18.3 Å². The predicted octanol–water partition coefficient (Wildman–Crippen LogP) is 5.48. The summed E-state index contributed by atoms with van der Waals surface area (Å²) in [7, 11) is 0. The quantitative estimate of drug-likeness (QED) is 0.338. The van der Waals surface area contributed by atoms with E-state index in [0.717, 1.165) is 6.20 Å². The molecule has 1 aromatic heterocycles. The van der Waals surface area contributed by atoms with E-state index in [2.05, 4.69) is 25.9 Å². The number of ether oxygens (including phenoxy) is 1. The summed E-state index contributed by atoms with van der Waals surface area (Å²) in [5.41, 5.74) is -3.34. The first kappa shape index (κ1) is 21.9. The number of alkyl halides is 6. The Morgan fingerprint density at radius 1 is 1.11 bits per heavy atom. The van der Waals surface area contributed by atoms with Gasteiger partial charge in [0.15, 0.2) is 5.82 Å². The highest BCUT2D eigenvalue weighted by molar-refractivity contribution is 9.12. The minimum absolute atomic E-state index is 0.0184. The van der Waals surface area contributed by atoms with Gasteiger partial charge in [0.25, 0.3) is 0 Å². The maximum absolute atomic E-state index is 13.0. The number of aromatic nitrogens is 2. The topological polar surface area (TPSA) is 52.1 Å². The van der Waals surface area contributed by atoms with Crippen molar-refractivity contribution in [2.45, 2.75) is 19.3 Å². The van der Waals surface area contributed by atoms with E-state index >= 15 is 0 Å². The molecule has 0 N–H and O–H groups in total. The van der Waals surface area contributed by atoms with E-state index in [1.807, 2.05) is 0 Å². The maximum Gasteiger partial charge on any atom is 0.416 e. The third kappa shape index (κ3) is 5.54. The molecule has 0 amide bonds. The van der Waals surface area contributed by atoms with Crippen LogP contribution in [0, 0.1) is 0 Å². The molecule has 11 heteroatoms. The first-order valence-corrected chi connectivity index (χ1v) is 8.38.